The molecular formula is C24H20F34O8S2. The lowest BCUT2D eigenvalue weighted by molar-refractivity contribution is -0.461. The fourth-order valence-corrected chi connectivity index (χ4v) is 4.47. The Labute approximate surface area is 352 Å². The number of hydrogen-bond acceptors (Lipinski definition) is 6. The van der Waals surface area contributed by atoms with E-state index < -0.39 is 140 Å². The maximum atomic E-state index is 13.3. The summed E-state index contributed by atoms with van der Waals surface area (Å²) < 4.78 is 494. The Morgan fingerprint density at radius 3 is 0.544 bits per heavy atom. The van der Waals surface area contributed by atoms with Gasteiger partial charge in [-0.05, 0) is 12.8 Å². The molecule has 0 amide bonds. The zero-order chi connectivity index (χ0) is 56.7. The molecule has 44 heteroatoms. The number of rotatable bonds is 21. The van der Waals surface area contributed by atoms with E-state index in [-0.39, 0.29) is 13.2 Å². The van der Waals surface area contributed by atoms with E-state index in [0.29, 0.717) is 0 Å². The summed E-state index contributed by atoms with van der Waals surface area (Å²) in [7, 11) is -11.4. The van der Waals surface area contributed by atoms with Gasteiger partial charge in [0.2, 0.25) is 0 Å². The summed E-state index contributed by atoms with van der Waals surface area (Å²) in [6.07, 6.45) is -20.7. The van der Waals surface area contributed by atoms with E-state index >= 15 is 0 Å². The molecule has 0 bridgehead atoms. The molecule has 0 radical (unpaired) electrons. The van der Waals surface area contributed by atoms with Gasteiger partial charge in [-0.15, -0.1) is 0 Å². The third kappa shape index (κ3) is 12.5. The molecule has 0 aromatic heterocycles. The number of aliphatic hydroxyl groups excluding tert-OH is 2. The zero-order valence-corrected chi connectivity index (χ0v) is 32.4. The summed E-state index contributed by atoms with van der Waals surface area (Å²) in [5, 5.41) is 16.2. The third-order valence-electron chi connectivity index (χ3n) is 7.49. The van der Waals surface area contributed by atoms with Gasteiger partial charge in [0.05, 0.1) is 11.5 Å². The van der Waals surface area contributed by atoms with Crippen LogP contribution in [0.5, 0.6) is 0 Å². The number of hydrogen-bond donors (Lipinski definition) is 4. The van der Waals surface area contributed by atoms with E-state index in [1.807, 2.05) is 0 Å². The fraction of sp³-hybridized carbons (Fsp3) is 1.00. The highest BCUT2D eigenvalue weighted by Gasteiger charge is 2.97. The number of unbranched alkanes of at least 4 members (excludes halogenated alkanes) is 1. The van der Waals surface area contributed by atoms with Crippen LogP contribution >= 0.6 is 0 Å². The first-order chi connectivity index (χ1) is 28.8. The Bertz CT molecular complexity index is 1740. The molecule has 414 valence electrons. The second-order valence-corrected chi connectivity index (χ2v) is 15.7. The Morgan fingerprint density at radius 2 is 0.412 bits per heavy atom. The Balaban J connectivity index is -0.00000111. The molecule has 0 aromatic rings. The topological polar surface area (TPSA) is 149 Å². The molecular weight excluding hydrogens is 1130 g/mol. The van der Waals surface area contributed by atoms with Crippen molar-refractivity contribution >= 4 is 20.2 Å². The molecule has 0 rings (SSSR count). The van der Waals surface area contributed by atoms with Crippen LogP contribution in [0.15, 0.2) is 0 Å². The second kappa shape index (κ2) is 20.1. The normalized spacial score (nSPS) is 15.9. The summed E-state index contributed by atoms with van der Waals surface area (Å²) >= 11 is 0. The molecule has 4 N–H and O–H groups in total. The van der Waals surface area contributed by atoms with Crippen LogP contribution in [0, 0.1) is 0 Å². The van der Waals surface area contributed by atoms with Crippen LogP contribution < -0.4 is 0 Å². The van der Waals surface area contributed by atoms with E-state index in [9.17, 15) is 166 Å². The summed E-state index contributed by atoms with van der Waals surface area (Å²) in [5.41, 5.74) is 0. The molecule has 0 spiro atoms. The molecule has 0 aromatic carbocycles. The van der Waals surface area contributed by atoms with E-state index in [1.165, 1.54) is 0 Å². The van der Waals surface area contributed by atoms with Crippen molar-refractivity contribution in [3.63, 3.8) is 0 Å². The number of aliphatic hydroxyl groups is 2. The molecule has 8 nitrogen and oxygen atoms in total. The predicted octanol–water partition coefficient (Wildman–Crippen LogP) is 10.3. The molecule has 0 aliphatic carbocycles. The summed E-state index contributed by atoms with van der Waals surface area (Å²) in [4.78, 5) is 0. The minimum absolute atomic E-state index is 0.195. The summed E-state index contributed by atoms with van der Waals surface area (Å²) in [5.74, 6) is -120. The first-order valence-corrected chi connectivity index (χ1v) is 18.6. The molecule has 0 unspecified atom stereocenters. The quantitative estimate of drug-likeness (QED) is 0.0504. The van der Waals surface area contributed by atoms with Gasteiger partial charge in [-0.25, -0.2) is 0 Å². The molecule has 0 atom stereocenters. The average molecular weight is 1150 g/mol. The van der Waals surface area contributed by atoms with Crippen molar-refractivity contribution in [2.75, 3.05) is 24.7 Å². The lowest BCUT2D eigenvalue weighted by Crippen LogP contribution is -2.74. The van der Waals surface area contributed by atoms with Crippen molar-refractivity contribution in [1.82, 2.24) is 0 Å². The highest BCUT2D eigenvalue weighted by Crippen LogP contribution is 2.66. The maximum absolute atomic E-state index is 13.3. The zero-order valence-electron chi connectivity index (χ0n) is 30.7. The Morgan fingerprint density at radius 1 is 0.265 bits per heavy atom. The largest absolute Gasteiger partial charge is 0.460 e. The number of halogens is 34. The van der Waals surface area contributed by atoms with Crippen molar-refractivity contribution < 1.29 is 185 Å². The van der Waals surface area contributed by atoms with Crippen LogP contribution in [-0.2, 0) is 20.2 Å². The van der Waals surface area contributed by atoms with Crippen molar-refractivity contribution in [3.05, 3.63) is 0 Å². The Hall–Kier alpha value is -2.64. The summed E-state index contributed by atoms with van der Waals surface area (Å²) in [6.45, 7) is 0.390. The standard InChI is InChI=1S/2C10H5F17O3S.C4H10O2/c2*11-3(12,1-2-31(28,29)30)4(13,14)5(15,16)6(17,18)7(19,20)8(21,22)9(23,24)10(25,26)27;5-3-1-2-4-6/h2*1-2H2,(H,28,29,30);5-6H,1-4H2. The van der Waals surface area contributed by atoms with Gasteiger partial charge < -0.3 is 10.2 Å². The van der Waals surface area contributed by atoms with Gasteiger partial charge in [0.1, 0.15) is 0 Å². The molecule has 0 fully saturated rings. The van der Waals surface area contributed by atoms with Gasteiger partial charge >= 0.3 is 95.3 Å². The molecule has 0 aliphatic heterocycles. The predicted molar refractivity (Wildman–Crippen MR) is 147 cm³/mol. The lowest BCUT2D eigenvalue weighted by atomic mass is 9.88. The van der Waals surface area contributed by atoms with Crippen molar-refractivity contribution in [2.24, 2.45) is 0 Å². The molecule has 0 heterocycles. The SMILES string of the molecule is O=S(=O)(O)CCC(F)(F)C(F)(F)C(F)(F)C(F)(F)C(F)(F)C(F)(F)C(F)(F)C(F)(F)F.O=S(=O)(O)CCC(F)(F)C(F)(F)C(F)(F)C(F)(F)C(F)(F)C(F)(F)C(F)(F)C(F)(F)F.OCCCCO. The first-order valence-electron chi connectivity index (χ1n) is 15.4. The van der Waals surface area contributed by atoms with Crippen LogP contribution in [0.1, 0.15) is 25.7 Å². The molecule has 68 heavy (non-hydrogen) atoms. The van der Waals surface area contributed by atoms with Crippen LogP contribution in [-0.4, -0.2) is 156 Å². The lowest BCUT2D eigenvalue weighted by Gasteiger charge is -2.42. The average Bonchev–Trinajstić information content (AvgIpc) is 3.10. The van der Waals surface area contributed by atoms with Gasteiger partial charge in [0.25, 0.3) is 20.2 Å². The van der Waals surface area contributed by atoms with Gasteiger partial charge in [-0.1, -0.05) is 0 Å². The monoisotopic (exact) mass is 1150 g/mol. The highest BCUT2D eigenvalue weighted by atomic mass is 32.2. The van der Waals surface area contributed by atoms with Crippen molar-refractivity contribution in [2.45, 2.75) is 121 Å². The number of alkyl halides is 34. The van der Waals surface area contributed by atoms with Crippen LogP contribution in [0.2, 0.25) is 0 Å². The fourth-order valence-electron chi connectivity index (χ4n) is 3.44. The van der Waals surface area contributed by atoms with Crippen LogP contribution in [0.3, 0.4) is 0 Å². The summed E-state index contributed by atoms with van der Waals surface area (Å²) in [6, 6.07) is 0. The second-order valence-electron chi connectivity index (χ2n) is 12.5. The van der Waals surface area contributed by atoms with E-state index in [4.69, 9.17) is 19.3 Å². The smallest absolute Gasteiger partial charge is 0.396 e. The van der Waals surface area contributed by atoms with E-state index in [2.05, 4.69) is 0 Å². The molecule has 0 saturated heterocycles. The Kier molecular flexibility index (Phi) is 20.6. The van der Waals surface area contributed by atoms with E-state index in [0.717, 1.165) is 12.8 Å². The molecule has 0 aliphatic rings. The van der Waals surface area contributed by atoms with Gasteiger partial charge in [-0.2, -0.15) is 166 Å². The van der Waals surface area contributed by atoms with Crippen LogP contribution in [0.25, 0.3) is 0 Å². The maximum Gasteiger partial charge on any atom is 0.460 e. The van der Waals surface area contributed by atoms with E-state index in [1.54, 1.807) is 0 Å². The van der Waals surface area contributed by atoms with Gasteiger partial charge in [0, 0.05) is 26.1 Å². The third-order valence-corrected chi connectivity index (χ3v) is 8.93. The van der Waals surface area contributed by atoms with Crippen molar-refractivity contribution in [1.29, 1.82) is 0 Å². The first kappa shape index (κ1) is 69.6. The van der Waals surface area contributed by atoms with Gasteiger partial charge in [0.15, 0.2) is 0 Å². The van der Waals surface area contributed by atoms with Crippen LogP contribution in [0.4, 0.5) is 149 Å². The highest BCUT2D eigenvalue weighted by molar-refractivity contribution is 7.86. The van der Waals surface area contributed by atoms with Gasteiger partial charge in [-0.3, -0.25) is 9.11 Å². The minimum Gasteiger partial charge on any atom is -0.396 e. The minimum atomic E-state index is -8.74. The van der Waals surface area contributed by atoms with Crippen molar-refractivity contribution in [3.8, 4) is 0 Å². The molecule has 0 saturated carbocycles.